The molecule has 0 bridgehead atoms. The van der Waals surface area contributed by atoms with Gasteiger partial charge in [0.15, 0.2) is 0 Å². The number of anilines is 2. The summed E-state index contributed by atoms with van der Waals surface area (Å²) in [6.45, 7) is 7.70. The topological polar surface area (TPSA) is 71.8 Å². The van der Waals surface area contributed by atoms with Crippen LogP contribution in [0.4, 0.5) is 11.8 Å². The summed E-state index contributed by atoms with van der Waals surface area (Å²) in [4.78, 5) is 21.4. The second-order valence-corrected chi connectivity index (χ2v) is 9.65. The Kier molecular flexibility index (Phi) is 5.21. The molecule has 1 fully saturated rings. The number of hydrogen-bond acceptors (Lipinski definition) is 6. The molecule has 1 aliphatic heterocycles. The lowest BCUT2D eigenvalue weighted by atomic mass is 9.87. The van der Waals surface area contributed by atoms with Crippen LogP contribution >= 0.6 is 0 Å². The third kappa shape index (κ3) is 3.74. The van der Waals surface area contributed by atoms with Crippen LogP contribution in [-0.2, 0) is 13.0 Å². The zero-order valence-electron chi connectivity index (χ0n) is 19.5. The molecule has 6 rings (SSSR count). The summed E-state index contributed by atoms with van der Waals surface area (Å²) in [7, 11) is 0. The maximum Gasteiger partial charge on any atom is 0.230 e. The molecule has 1 N–H and O–H groups in total. The molecule has 5 heterocycles. The highest BCUT2D eigenvalue weighted by Crippen LogP contribution is 2.38. The number of nitrogens with one attached hydrogen (secondary N) is 1. The first-order valence-corrected chi connectivity index (χ1v) is 12.3. The minimum atomic E-state index is 0.455. The van der Waals surface area contributed by atoms with Crippen molar-refractivity contribution >= 4 is 33.7 Å². The zero-order valence-corrected chi connectivity index (χ0v) is 19.5. The number of aromatic nitrogens is 5. The summed E-state index contributed by atoms with van der Waals surface area (Å²) in [6.07, 6.45) is 11.7. The summed E-state index contributed by atoms with van der Waals surface area (Å²) in [6, 6.07) is 6.78. The van der Waals surface area contributed by atoms with E-state index in [1.165, 1.54) is 42.3 Å². The first kappa shape index (κ1) is 20.5. The Bertz CT molecular complexity index is 1300. The molecule has 0 saturated heterocycles. The third-order valence-corrected chi connectivity index (χ3v) is 7.51. The molecule has 0 amide bonds. The van der Waals surface area contributed by atoms with Crippen LogP contribution in [0.15, 0.2) is 36.8 Å². The van der Waals surface area contributed by atoms with Gasteiger partial charge in [0.05, 0.1) is 11.7 Å². The van der Waals surface area contributed by atoms with Crippen molar-refractivity contribution in [3.8, 4) is 0 Å². The van der Waals surface area contributed by atoms with Crippen LogP contribution in [0.2, 0.25) is 0 Å². The highest BCUT2D eigenvalue weighted by molar-refractivity contribution is 6.06. The van der Waals surface area contributed by atoms with E-state index in [0.717, 1.165) is 54.3 Å². The summed E-state index contributed by atoms with van der Waals surface area (Å²) >= 11 is 0. The molecule has 33 heavy (non-hydrogen) atoms. The number of pyridine rings is 2. The van der Waals surface area contributed by atoms with Crippen molar-refractivity contribution in [1.82, 2.24) is 29.4 Å². The van der Waals surface area contributed by atoms with Crippen LogP contribution in [0.25, 0.3) is 21.9 Å². The Morgan fingerprint density at radius 2 is 1.91 bits per heavy atom. The Balaban J connectivity index is 1.36. The van der Waals surface area contributed by atoms with Crippen LogP contribution < -0.4 is 5.32 Å². The van der Waals surface area contributed by atoms with Gasteiger partial charge in [-0.05, 0) is 55.8 Å². The summed E-state index contributed by atoms with van der Waals surface area (Å²) in [5.41, 5.74) is 4.66. The van der Waals surface area contributed by atoms with Crippen molar-refractivity contribution in [2.75, 3.05) is 18.4 Å². The van der Waals surface area contributed by atoms with Gasteiger partial charge < -0.3 is 9.88 Å². The van der Waals surface area contributed by atoms with E-state index in [1.54, 1.807) is 0 Å². The number of hydrogen-bond donors (Lipinski definition) is 1. The number of likely N-dealkylation sites (N-methyl/N-ethyl adjacent to an activating group) is 1. The molecule has 7 nitrogen and oxygen atoms in total. The SMILES string of the molecule is CCN1CCc2nc(Nc3ncc4c5ccncc5n(C5CCC(C)CC5)c4n3)ccc2C1. The lowest BCUT2D eigenvalue weighted by Crippen LogP contribution is -2.30. The molecule has 0 spiro atoms. The van der Waals surface area contributed by atoms with Crippen LogP contribution in [-0.4, -0.2) is 42.5 Å². The van der Waals surface area contributed by atoms with Crippen LogP contribution in [0.3, 0.4) is 0 Å². The van der Waals surface area contributed by atoms with Crippen molar-refractivity contribution in [2.45, 2.75) is 58.5 Å². The highest BCUT2D eigenvalue weighted by atomic mass is 15.2. The predicted molar refractivity (Wildman–Crippen MR) is 132 cm³/mol. The fourth-order valence-corrected chi connectivity index (χ4v) is 5.53. The van der Waals surface area contributed by atoms with Crippen LogP contribution in [0, 0.1) is 5.92 Å². The Morgan fingerprint density at radius 3 is 2.76 bits per heavy atom. The maximum absolute atomic E-state index is 5.00. The fourth-order valence-electron chi connectivity index (χ4n) is 5.53. The molecule has 0 radical (unpaired) electrons. The van der Waals surface area contributed by atoms with Gasteiger partial charge in [0.2, 0.25) is 5.95 Å². The molecule has 2 aliphatic rings. The highest BCUT2D eigenvalue weighted by Gasteiger charge is 2.24. The molecule has 1 aliphatic carbocycles. The molecule has 1 saturated carbocycles. The quantitative estimate of drug-likeness (QED) is 0.466. The van der Waals surface area contributed by atoms with Crippen molar-refractivity contribution in [1.29, 1.82) is 0 Å². The van der Waals surface area contributed by atoms with Gasteiger partial charge in [-0.3, -0.25) is 9.88 Å². The van der Waals surface area contributed by atoms with Crippen LogP contribution in [0.5, 0.6) is 0 Å². The van der Waals surface area contributed by atoms with Crippen molar-refractivity contribution in [2.24, 2.45) is 5.92 Å². The van der Waals surface area contributed by atoms with Gasteiger partial charge >= 0.3 is 0 Å². The Hall–Kier alpha value is -3.06. The molecule has 4 aromatic heterocycles. The fraction of sp³-hybridized carbons (Fsp3) is 0.462. The van der Waals surface area contributed by atoms with E-state index in [-0.39, 0.29) is 0 Å². The first-order valence-electron chi connectivity index (χ1n) is 12.3. The lowest BCUT2D eigenvalue weighted by Gasteiger charge is -2.28. The largest absolute Gasteiger partial charge is 0.321 e. The van der Waals surface area contributed by atoms with Gasteiger partial charge in [-0.2, -0.15) is 4.98 Å². The molecular formula is C26H31N7. The molecule has 0 aromatic carbocycles. The van der Waals surface area contributed by atoms with Gasteiger partial charge in [-0.15, -0.1) is 0 Å². The number of fused-ring (bicyclic) bond motifs is 4. The zero-order chi connectivity index (χ0) is 22.4. The van der Waals surface area contributed by atoms with E-state index < -0.39 is 0 Å². The van der Waals surface area contributed by atoms with Gasteiger partial charge in [0.25, 0.3) is 0 Å². The average Bonchev–Trinajstić information content (AvgIpc) is 3.18. The molecule has 0 atom stereocenters. The van der Waals surface area contributed by atoms with E-state index >= 15 is 0 Å². The molecule has 4 aromatic rings. The van der Waals surface area contributed by atoms with Crippen molar-refractivity contribution in [3.05, 3.63) is 48.0 Å². The van der Waals surface area contributed by atoms with E-state index in [9.17, 15) is 0 Å². The van der Waals surface area contributed by atoms with Gasteiger partial charge in [-0.1, -0.05) is 19.9 Å². The van der Waals surface area contributed by atoms with Gasteiger partial charge in [0, 0.05) is 54.4 Å². The number of rotatable bonds is 4. The lowest BCUT2D eigenvalue weighted by molar-refractivity contribution is 0.266. The summed E-state index contributed by atoms with van der Waals surface area (Å²) in [5, 5.41) is 5.65. The van der Waals surface area contributed by atoms with Crippen molar-refractivity contribution < 1.29 is 0 Å². The third-order valence-electron chi connectivity index (χ3n) is 7.51. The maximum atomic E-state index is 5.00. The second kappa shape index (κ2) is 8.37. The van der Waals surface area contributed by atoms with E-state index in [0.29, 0.717) is 12.0 Å². The standard InChI is InChI=1S/C26H31N7/c1-3-32-13-11-22-18(16-32)6-9-24(29-22)30-26-28-14-21-20-10-12-27-15-23(20)33(25(21)31-26)19-7-4-17(2)5-8-19/h6,9-10,12,14-15,17,19H,3-5,7-8,11,13,16H2,1-2H3,(H,28,29,30,31). The minimum absolute atomic E-state index is 0.455. The summed E-state index contributed by atoms with van der Waals surface area (Å²) < 4.78 is 2.41. The first-order chi connectivity index (χ1) is 16.2. The Labute approximate surface area is 194 Å². The summed E-state index contributed by atoms with van der Waals surface area (Å²) in [5.74, 6) is 2.22. The smallest absolute Gasteiger partial charge is 0.230 e. The minimum Gasteiger partial charge on any atom is -0.321 e. The molecular weight excluding hydrogens is 410 g/mol. The molecule has 0 unspecified atom stereocenters. The normalized spacial score (nSPS) is 21.4. The van der Waals surface area contributed by atoms with Crippen molar-refractivity contribution in [3.63, 3.8) is 0 Å². The number of nitrogens with zero attached hydrogens (tertiary/aromatic N) is 6. The average molecular weight is 442 g/mol. The van der Waals surface area contributed by atoms with Gasteiger partial charge in [0.1, 0.15) is 11.5 Å². The second-order valence-electron chi connectivity index (χ2n) is 9.65. The molecule has 170 valence electrons. The van der Waals surface area contributed by atoms with Crippen LogP contribution in [0.1, 0.15) is 56.8 Å². The Morgan fingerprint density at radius 1 is 1.03 bits per heavy atom. The van der Waals surface area contributed by atoms with E-state index in [4.69, 9.17) is 9.97 Å². The predicted octanol–water partition coefficient (Wildman–Crippen LogP) is 5.25. The molecule has 7 heteroatoms. The monoisotopic (exact) mass is 441 g/mol. The van der Waals surface area contributed by atoms with Gasteiger partial charge in [-0.25, -0.2) is 9.97 Å². The van der Waals surface area contributed by atoms with E-state index in [2.05, 4.69) is 50.7 Å². The van der Waals surface area contributed by atoms with E-state index in [1.807, 2.05) is 24.7 Å².